The molecule has 0 fully saturated rings. The molecule has 1 heterocycles. The number of para-hydroxylation sites is 2. The van der Waals surface area contributed by atoms with Crippen molar-refractivity contribution in [1.29, 1.82) is 0 Å². The molecule has 0 aliphatic carbocycles. The van der Waals surface area contributed by atoms with Crippen LogP contribution in [-0.2, 0) is 0 Å². The standard InChI is InChI=1S/C10H11BrO3/c11-5-7(12)10-6-13-8-3-1-2-4-9(8)14-10/h1-4,7,10,12H,5-6H2. The van der Waals surface area contributed by atoms with E-state index in [-0.39, 0.29) is 6.10 Å². The highest BCUT2D eigenvalue weighted by molar-refractivity contribution is 9.09. The van der Waals surface area contributed by atoms with Crippen LogP contribution in [0.5, 0.6) is 11.5 Å². The van der Waals surface area contributed by atoms with Crippen LogP contribution in [0.1, 0.15) is 0 Å². The van der Waals surface area contributed by atoms with Crippen molar-refractivity contribution >= 4 is 15.9 Å². The van der Waals surface area contributed by atoms with E-state index in [2.05, 4.69) is 15.9 Å². The summed E-state index contributed by atoms with van der Waals surface area (Å²) < 4.78 is 11.0. The molecule has 2 rings (SSSR count). The highest BCUT2D eigenvalue weighted by Gasteiger charge is 2.26. The summed E-state index contributed by atoms with van der Waals surface area (Å²) in [4.78, 5) is 0. The van der Waals surface area contributed by atoms with Gasteiger partial charge in [-0.25, -0.2) is 0 Å². The van der Waals surface area contributed by atoms with E-state index in [1.54, 1.807) is 0 Å². The van der Waals surface area contributed by atoms with E-state index in [1.807, 2.05) is 24.3 Å². The van der Waals surface area contributed by atoms with Gasteiger partial charge >= 0.3 is 0 Å². The first-order chi connectivity index (χ1) is 6.81. The van der Waals surface area contributed by atoms with E-state index in [0.717, 1.165) is 5.75 Å². The van der Waals surface area contributed by atoms with Crippen LogP contribution in [0.2, 0.25) is 0 Å². The second-order valence-electron chi connectivity index (χ2n) is 3.14. The van der Waals surface area contributed by atoms with Gasteiger partial charge in [-0.05, 0) is 12.1 Å². The number of hydrogen-bond donors (Lipinski definition) is 1. The summed E-state index contributed by atoms with van der Waals surface area (Å²) in [6.45, 7) is 0.393. The van der Waals surface area contributed by atoms with Gasteiger partial charge in [0.05, 0.1) is 0 Å². The first-order valence-corrected chi connectivity index (χ1v) is 5.56. The Balaban J connectivity index is 2.13. The lowest BCUT2D eigenvalue weighted by Gasteiger charge is -2.28. The third-order valence-electron chi connectivity index (χ3n) is 2.12. The Morgan fingerprint density at radius 2 is 2.14 bits per heavy atom. The molecule has 0 amide bonds. The average molecular weight is 259 g/mol. The second-order valence-corrected chi connectivity index (χ2v) is 3.78. The number of ether oxygens (including phenoxy) is 2. The Morgan fingerprint density at radius 1 is 1.43 bits per heavy atom. The smallest absolute Gasteiger partial charge is 0.161 e. The molecule has 3 nitrogen and oxygen atoms in total. The maximum Gasteiger partial charge on any atom is 0.161 e. The van der Waals surface area contributed by atoms with Crippen LogP contribution in [0, 0.1) is 0 Å². The summed E-state index contributed by atoms with van der Waals surface area (Å²) in [5.41, 5.74) is 0. The molecular formula is C10H11BrO3. The van der Waals surface area contributed by atoms with E-state index in [1.165, 1.54) is 0 Å². The number of alkyl halides is 1. The van der Waals surface area contributed by atoms with Gasteiger partial charge in [0.1, 0.15) is 12.7 Å². The predicted molar refractivity (Wildman–Crippen MR) is 56.2 cm³/mol. The molecule has 0 spiro atoms. The van der Waals surface area contributed by atoms with Crippen LogP contribution in [0.3, 0.4) is 0 Å². The molecule has 2 unspecified atom stereocenters. The van der Waals surface area contributed by atoms with Crippen LogP contribution < -0.4 is 9.47 Å². The molecule has 1 aromatic carbocycles. The Bertz CT molecular complexity index is 316. The largest absolute Gasteiger partial charge is 0.486 e. The summed E-state index contributed by atoms with van der Waals surface area (Å²) in [6.07, 6.45) is -0.826. The molecule has 1 aliphatic rings. The Morgan fingerprint density at radius 3 is 2.86 bits per heavy atom. The van der Waals surface area contributed by atoms with E-state index >= 15 is 0 Å². The van der Waals surface area contributed by atoms with Gasteiger partial charge < -0.3 is 14.6 Å². The molecule has 1 aliphatic heterocycles. The fraction of sp³-hybridized carbons (Fsp3) is 0.400. The number of hydrogen-bond acceptors (Lipinski definition) is 3. The van der Waals surface area contributed by atoms with Gasteiger partial charge in [-0.3, -0.25) is 0 Å². The maximum absolute atomic E-state index is 9.56. The summed E-state index contributed by atoms with van der Waals surface area (Å²) in [6, 6.07) is 7.46. The lowest BCUT2D eigenvalue weighted by molar-refractivity contribution is 0.00200. The number of halogens is 1. The van der Waals surface area contributed by atoms with Crippen LogP contribution >= 0.6 is 15.9 Å². The average Bonchev–Trinajstić information content (AvgIpc) is 2.27. The van der Waals surface area contributed by atoms with Gasteiger partial charge in [-0.1, -0.05) is 28.1 Å². The molecule has 1 aromatic rings. The van der Waals surface area contributed by atoms with Crippen molar-refractivity contribution < 1.29 is 14.6 Å². The molecule has 4 heteroatoms. The van der Waals surface area contributed by atoms with Crippen molar-refractivity contribution in [1.82, 2.24) is 0 Å². The molecule has 1 N–H and O–H groups in total. The number of fused-ring (bicyclic) bond motifs is 1. The van der Waals surface area contributed by atoms with Crippen molar-refractivity contribution in [3.63, 3.8) is 0 Å². The molecule has 0 bridgehead atoms. The molecule has 0 aromatic heterocycles. The minimum Gasteiger partial charge on any atom is -0.486 e. The Labute approximate surface area is 90.8 Å². The summed E-state index contributed by atoms with van der Waals surface area (Å²) in [5, 5.41) is 10.0. The van der Waals surface area contributed by atoms with Gasteiger partial charge in [0.25, 0.3) is 0 Å². The summed E-state index contributed by atoms with van der Waals surface area (Å²) >= 11 is 3.20. The number of benzene rings is 1. The van der Waals surface area contributed by atoms with E-state index in [9.17, 15) is 5.11 Å². The van der Waals surface area contributed by atoms with Crippen LogP contribution in [0.15, 0.2) is 24.3 Å². The highest BCUT2D eigenvalue weighted by atomic mass is 79.9. The van der Waals surface area contributed by atoms with E-state index in [0.29, 0.717) is 17.7 Å². The lowest BCUT2D eigenvalue weighted by atomic mass is 10.2. The highest BCUT2D eigenvalue weighted by Crippen LogP contribution is 2.31. The molecular weight excluding hydrogens is 248 g/mol. The Kier molecular flexibility index (Phi) is 2.93. The van der Waals surface area contributed by atoms with E-state index < -0.39 is 6.10 Å². The molecule has 2 atom stereocenters. The maximum atomic E-state index is 9.56. The zero-order chi connectivity index (χ0) is 9.97. The first kappa shape index (κ1) is 9.80. The second kappa shape index (κ2) is 4.19. The lowest BCUT2D eigenvalue weighted by Crippen LogP contribution is -2.40. The SMILES string of the molecule is OC(CBr)C1COc2ccccc2O1. The molecule has 0 radical (unpaired) electrons. The predicted octanol–water partition coefficient (Wildman–Crippen LogP) is 1.58. The topological polar surface area (TPSA) is 38.7 Å². The number of aliphatic hydroxyl groups excluding tert-OH is 1. The van der Waals surface area contributed by atoms with Crippen LogP contribution in [0.25, 0.3) is 0 Å². The normalized spacial score (nSPS) is 21.7. The quantitative estimate of drug-likeness (QED) is 0.819. The zero-order valence-electron chi connectivity index (χ0n) is 7.52. The van der Waals surface area contributed by atoms with Crippen LogP contribution in [0.4, 0.5) is 0 Å². The van der Waals surface area contributed by atoms with Gasteiger partial charge in [0.2, 0.25) is 0 Å². The third-order valence-corrected chi connectivity index (χ3v) is 2.78. The molecule has 0 saturated heterocycles. The molecule has 14 heavy (non-hydrogen) atoms. The van der Waals surface area contributed by atoms with E-state index in [4.69, 9.17) is 9.47 Å². The van der Waals surface area contributed by atoms with Crippen molar-refractivity contribution in [2.75, 3.05) is 11.9 Å². The Hall–Kier alpha value is -0.740. The minimum absolute atomic E-state index is 0.288. The van der Waals surface area contributed by atoms with Gasteiger partial charge in [-0.15, -0.1) is 0 Å². The fourth-order valence-corrected chi connectivity index (χ4v) is 1.74. The summed E-state index contributed by atoms with van der Waals surface area (Å²) in [7, 11) is 0. The van der Waals surface area contributed by atoms with Gasteiger partial charge in [0, 0.05) is 5.33 Å². The van der Waals surface area contributed by atoms with Crippen molar-refractivity contribution in [2.45, 2.75) is 12.2 Å². The molecule has 0 saturated carbocycles. The fourth-order valence-electron chi connectivity index (χ4n) is 1.32. The summed E-state index contributed by atoms with van der Waals surface area (Å²) in [5.74, 6) is 1.44. The zero-order valence-corrected chi connectivity index (χ0v) is 9.11. The third kappa shape index (κ3) is 1.86. The molecule has 76 valence electrons. The monoisotopic (exact) mass is 258 g/mol. The van der Waals surface area contributed by atoms with Crippen molar-refractivity contribution in [3.8, 4) is 11.5 Å². The van der Waals surface area contributed by atoms with Gasteiger partial charge in [0.15, 0.2) is 17.6 Å². The van der Waals surface area contributed by atoms with Gasteiger partial charge in [-0.2, -0.15) is 0 Å². The van der Waals surface area contributed by atoms with Crippen molar-refractivity contribution in [2.24, 2.45) is 0 Å². The minimum atomic E-state index is -0.539. The van der Waals surface area contributed by atoms with Crippen molar-refractivity contribution in [3.05, 3.63) is 24.3 Å². The van der Waals surface area contributed by atoms with Crippen LogP contribution in [-0.4, -0.2) is 29.3 Å². The number of rotatable bonds is 2. The first-order valence-electron chi connectivity index (χ1n) is 4.44. The number of aliphatic hydroxyl groups is 1.